The number of aromatic nitrogens is 2. The van der Waals surface area contributed by atoms with Crippen molar-refractivity contribution in [3.8, 4) is 17.3 Å². The second-order valence-electron chi connectivity index (χ2n) is 9.73. The summed E-state index contributed by atoms with van der Waals surface area (Å²) in [7, 11) is 1.58. The zero-order valence-corrected chi connectivity index (χ0v) is 24.2. The van der Waals surface area contributed by atoms with Crippen molar-refractivity contribution in [1.82, 2.24) is 14.9 Å². The number of hydrogen-bond acceptors (Lipinski definition) is 10. The lowest BCUT2D eigenvalue weighted by molar-refractivity contribution is 0.0812. The van der Waals surface area contributed by atoms with Gasteiger partial charge in [-0.25, -0.2) is 19.2 Å². The number of nitrogens with zero attached hydrogens (tertiary/aromatic N) is 4. The third-order valence-electron chi connectivity index (χ3n) is 6.54. The average Bonchev–Trinajstić information content (AvgIpc) is 2.90. The molecule has 2 aromatic carbocycles. The molecular formula is C27H32ClF2N7O2S. The predicted molar refractivity (Wildman–Crippen MR) is 157 cm³/mol. The van der Waals surface area contributed by atoms with Crippen LogP contribution in [0.1, 0.15) is 39.2 Å². The number of nitrogens with two attached hydrogens (primary N) is 1. The SMILES string of the molecule is CC(=N)c1c(N)nc(-c2ccc(NOSN(C)c3cc(Cl)ccc3F)c(F)c2)nc1OC1CCN(C(C)C)CC1. The van der Waals surface area contributed by atoms with Gasteiger partial charge in [0.15, 0.2) is 5.82 Å². The lowest BCUT2D eigenvalue weighted by atomic mass is 10.1. The maximum atomic E-state index is 15.0. The quantitative estimate of drug-likeness (QED) is 0.108. The smallest absolute Gasteiger partial charge is 0.228 e. The molecule has 3 aromatic rings. The minimum Gasteiger partial charge on any atom is -0.474 e. The summed E-state index contributed by atoms with van der Waals surface area (Å²) in [6.45, 7) is 7.73. The van der Waals surface area contributed by atoms with E-state index in [1.807, 2.05) is 0 Å². The Morgan fingerprint density at radius 1 is 1.18 bits per heavy atom. The maximum Gasteiger partial charge on any atom is 0.228 e. The van der Waals surface area contributed by atoms with E-state index in [1.165, 1.54) is 34.6 Å². The van der Waals surface area contributed by atoms with Crippen LogP contribution in [-0.4, -0.2) is 52.9 Å². The van der Waals surface area contributed by atoms with E-state index >= 15 is 0 Å². The number of benzene rings is 2. The van der Waals surface area contributed by atoms with Crippen LogP contribution in [0.4, 0.5) is 26.0 Å². The van der Waals surface area contributed by atoms with Gasteiger partial charge in [0, 0.05) is 42.5 Å². The second-order valence-corrected chi connectivity index (χ2v) is 11.0. The Labute approximate surface area is 241 Å². The molecule has 0 bridgehead atoms. The predicted octanol–water partition coefficient (Wildman–Crippen LogP) is 6.34. The highest BCUT2D eigenvalue weighted by Gasteiger charge is 2.25. The van der Waals surface area contributed by atoms with Crippen LogP contribution in [-0.2, 0) is 4.28 Å². The molecule has 4 rings (SSSR count). The van der Waals surface area contributed by atoms with Gasteiger partial charge in [-0.05, 0) is 70.0 Å². The third-order valence-corrected chi connectivity index (χ3v) is 7.35. The fourth-order valence-electron chi connectivity index (χ4n) is 4.32. The minimum absolute atomic E-state index is 0.0459. The first-order valence-electron chi connectivity index (χ1n) is 12.8. The summed E-state index contributed by atoms with van der Waals surface area (Å²) >= 11 is 6.70. The Kier molecular flexibility index (Phi) is 9.67. The van der Waals surface area contributed by atoms with Gasteiger partial charge in [-0.2, -0.15) is 9.27 Å². The highest BCUT2D eigenvalue weighted by atomic mass is 35.5. The van der Waals surface area contributed by atoms with Crippen LogP contribution in [0.2, 0.25) is 5.02 Å². The molecule has 1 saturated heterocycles. The van der Waals surface area contributed by atoms with Crippen molar-refractivity contribution in [2.24, 2.45) is 0 Å². The molecule has 40 heavy (non-hydrogen) atoms. The molecule has 0 atom stereocenters. The van der Waals surface area contributed by atoms with Gasteiger partial charge in [-0.15, -0.1) is 0 Å². The first-order chi connectivity index (χ1) is 19.0. The Hall–Kier alpha value is -3.19. The number of anilines is 3. The standard InChI is InChI=1S/C27H32ClF2N7O2S/c1-15(2)37-11-9-19(10-12-37)38-27-24(16(3)31)25(32)33-26(34-27)17-5-8-22(21(30)13-17)35-39-40-36(4)23-14-18(28)6-7-20(23)29/h5-8,13-15,19,31,35H,9-12H2,1-4H3,(H2,32,33,34). The van der Waals surface area contributed by atoms with Gasteiger partial charge in [0.1, 0.15) is 35.8 Å². The summed E-state index contributed by atoms with van der Waals surface area (Å²) < 4.78 is 42.0. The molecule has 0 aliphatic carbocycles. The highest BCUT2D eigenvalue weighted by Crippen LogP contribution is 2.31. The third kappa shape index (κ3) is 7.11. The number of nitrogens with one attached hydrogen (secondary N) is 2. The molecule has 0 saturated carbocycles. The maximum absolute atomic E-state index is 15.0. The van der Waals surface area contributed by atoms with E-state index in [1.54, 1.807) is 20.0 Å². The van der Waals surface area contributed by atoms with Crippen LogP contribution in [0, 0.1) is 17.0 Å². The average molecular weight is 592 g/mol. The lowest BCUT2D eigenvalue weighted by Gasteiger charge is -2.34. The van der Waals surface area contributed by atoms with E-state index in [9.17, 15) is 8.78 Å². The number of nitrogen functional groups attached to an aromatic ring is 1. The molecule has 9 nitrogen and oxygen atoms in total. The summed E-state index contributed by atoms with van der Waals surface area (Å²) in [6, 6.07) is 8.91. The van der Waals surface area contributed by atoms with E-state index in [0.29, 0.717) is 22.2 Å². The van der Waals surface area contributed by atoms with Crippen LogP contribution in [0.15, 0.2) is 36.4 Å². The monoisotopic (exact) mass is 591 g/mol. The number of ether oxygens (including phenoxy) is 1. The number of rotatable bonds is 10. The molecule has 0 spiro atoms. The Morgan fingerprint density at radius 3 is 2.55 bits per heavy atom. The van der Waals surface area contributed by atoms with E-state index < -0.39 is 11.6 Å². The van der Waals surface area contributed by atoms with Crippen molar-refractivity contribution >= 4 is 46.7 Å². The van der Waals surface area contributed by atoms with Crippen LogP contribution >= 0.6 is 23.8 Å². The van der Waals surface area contributed by atoms with Crippen LogP contribution in [0.25, 0.3) is 11.4 Å². The highest BCUT2D eigenvalue weighted by molar-refractivity contribution is 7.96. The molecule has 214 valence electrons. The molecule has 0 radical (unpaired) electrons. The first-order valence-corrected chi connectivity index (χ1v) is 13.8. The molecule has 1 aromatic heterocycles. The van der Waals surface area contributed by atoms with Crippen molar-refractivity contribution in [2.45, 2.75) is 45.8 Å². The normalized spacial score (nSPS) is 14.4. The Balaban J connectivity index is 1.47. The molecule has 1 fully saturated rings. The molecule has 13 heteroatoms. The van der Waals surface area contributed by atoms with Crippen LogP contribution in [0.5, 0.6) is 5.88 Å². The fourth-order valence-corrected chi connectivity index (χ4v) is 4.94. The van der Waals surface area contributed by atoms with E-state index in [0.717, 1.165) is 38.2 Å². The van der Waals surface area contributed by atoms with Gasteiger partial charge < -0.3 is 20.8 Å². The van der Waals surface area contributed by atoms with Gasteiger partial charge in [0.2, 0.25) is 5.88 Å². The molecule has 0 amide bonds. The second kappa shape index (κ2) is 13.0. The van der Waals surface area contributed by atoms with Gasteiger partial charge in [-0.3, -0.25) is 4.31 Å². The summed E-state index contributed by atoms with van der Waals surface area (Å²) in [5, 5.41) is 8.54. The minimum atomic E-state index is -0.632. The van der Waals surface area contributed by atoms with E-state index in [2.05, 4.69) is 34.2 Å². The van der Waals surface area contributed by atoms with Crippen molar-refractivity contribution in [1.29, 1.82) is 5.41 Å². The number of halogens is 3. The van der Waals surface area contributed by atoms with Gasteiger partial charge >= 0.3 is 0 Å². The van der Waals surface area contributed by atoms with Crippen molar-refractivity contribution < 1.29 is 17.8 Å². The van der Waals surface area contributed by atoms with Crippen molar-refractivity contribution in [3.63, 3.8) is 0 Å². The Morgan fingerprint density at radius 2 is 1.90 bits per heavy atom. The first kappa shape index (κ1) is 29.8. The van der Waals surface area contributed by atoms with Gasteiger partial charge in [0.05, 0.1) is 16.9 Å². The summed E-state index contributed by atoms with van der Waals surface area (Å²) in [5.41, 5.74) is 9.85. The number of hydrogen-bond donors (Lipinski definition) is 3. The van der Waals surface area contributed by atoms with Gasteiger partial charge in [0.25, 0.3) is 0 Å². The largest absolute Gasteiger partial charge is 0.474 e. The molecule has 2 heterocycles. The molecule has 1 aliphatic rings. The zero-order valence-electron chi connectivity index (χ0n) is 22.7. The molecule has 1 aliphatic heterocycles. The van der Waals surface area contributed by atoms with E-state index in [4.69, 9.17) is 31.8 Å². The van der Waals surface area contributed by atoms with Crippen LogP contribution in [0.3, 0.4) is 0 Å². The molecule has 0 unspecified atom stereocenters. The van der Waals surface area contributed by atoms with Gasteiger partial charge in [-0.1, -0.05) is 11.6 Å². The van der Waals surface area contributed by atoms with Crippen molar-refractivity contribution in [2.75, 3.05) is 35.7 Å². The lowest BCUT2D eigenvalue weighted by Crippen LogP contribution is -2.42. The zero-order chi connectivity index (χ0) is 29.0. The number of likely N-dealkylation sites (tertiary alicyclic amines) is 1. The Bertz CT molecular complexity index is 1370. The summed E-state index contributed by atoms with van der Waals surface area (Å²) in [5.74, 6) is -0.629. The summed E-state index contributed by atoms with van der Waals surface area (Å²) in [6.07, 6.45) is 1.56. The summed E-state index contributed by atoms with van der Waals surface area (Å²) in [4.78, 5) is 11.2. The van der Waals surface area contributed by atoms with Crippen LogP contribution < -0.4 is 20.3 Å². The molecule has 4 N–H and O–H groups in total. The number of piperidine rings is 1. The topological polar surface area (TPSA) is 113 Å². The fraction of sp³-hybridized carbons (Fsp3) is 0.370. The molecular weight excluding hydrogens is 560 g/mol. The van der Waals surface area contributed by atoms with Crippen molar-refractivity contribution in [3.05, 3.63) is 58.6 Å². The van der Waals surface area contributed by atoms with E-state index in [-0.39, 0.29) is 40.7 Å².